The minimum atomic E-state index is -0.0348. The first-order chi connectivity index (χ1) is 6.68. The van der Waals surface area contributed by atoms with E-state index in [1.54, 1.807) is 0 Å². The van der Waals surface area contributed by atoms with Gasteiger partial charge in [-0.2, -0.15) is 0 Å². The Balaban J connectivity index is 2.12. The zero-order valence-electron chi connectivity index (χ0n) is 9.13. The van der Waals surface area contributed by atoms with Gasteiger partial charge < -0.3 is 4.74 Å². The molecular weight excluding hydrogens is 176 g/mol. The minimum Gasteiger partial charge on any atom is -0.465 e. The van der Waals surface area contributed by atoms with E-state index in [0.29, 0.717) is 18.9 Å². The minimum absolute atomic E-state index is 0.0348. The molecule has 1 aliphatic carbocycles. The molecule has 0 N–H and O–H groups in total. The van der Waals surface area contributed by atoms with Crippen molar-refractivity contribution >= 4 is 5.97 Å². The van der Waals surface area contributed by atoms with Gasteiger partial charge in [-0.1, -0.05) is 26.2 Å². The van der Waals surface area contributed by atoms with E-state index in [0.717, 1.165) is 0 Å². The Hall–Kier alpha value is -0.530. The first kappa shape index (κ1) is 11.5. The smallest absolute Gasteiger partial charge is 0.306 e. The number of rotatable bonds is 4. The molecule has 1 atom stereocenters. The molecule has 0 heterocycles. The van der Waals surface area contributed by atoms with Crippen LogP contribution >= 0.6 is 0 Å². The van der Waals surface area contributed by atoms with E-state index in [4.69, 9.17) is 4.74 Å². The highest BCUT2D eigenvalue weighted by molar-refractivity contribution is 5.69. The molecule has 0 saturated heterocycles. The van der Waals surface area contributed by atoms with Crippen LogP contribution in [0.1, 0.15) is 45.4 Å². The second-order valence-electron chi connectivity index (χ2n) is 4.50. The zero-order valence-corrected chi connectivity index (χ0v) is 9.13. The predicted molar refractivity (Wildman–Crippen MR) is 56.7 cm³/mol. The van der Waals surface area contributed by atoms with Crippen LogP contribution < -0.4 is 0 Å². The molecule has 0 aromatic rings. The van der Waals surface area contributed by atoms with Gasteiger partial charge in [-0.15, -0.1) is 0 Å². The summed E-state index contributed by atoms with van der Waals surface area (Å²) in [5.41, 5.74) is 0. The lowest BCUT2D eigenvalue weighted by atomic mass is 9.87. The van der Waals surface area contributed by atoms with Crippen LogP contribution in [0, 0.1) is 18.8 Å². The molecule has 0 aliphatic heterocycles. The van der Waals surface area contributed by atoms with Gasteiger partial charge in [0.15, 0.2) is 0 Å². The van der Waals surface area contributed by atoms with E-state index in [1.807, 2.05) is 6.92 Å². The Morgan fingerprint density at radius 1 is 1.43 bits per heavy atom. The average Bonchev–Trinajstić information content (AvgIpc) is 2.16. The normalized spacial score (nSPS) is 18.5. The quantitative estimate of drug-likeness (QED) is 0.648. The van der Waals surface area contributed by atoms with Gasteiger partial charge in [-0.3, -0.25) is 4.79 Å². The maximum Gasteiger partial charge on any atom is 0.306 e. The second-order valence-corrected chi connectivity index (χ2v) is 4.50. The molecule has 81 valence electrons. The Kier molecular flexibility index (Phi) is 4.99. The van der Waals surface area contributed by atoms with Crippen molar-refractivity contribution in [3.05, 3.63) is 6.92 Å². The standard InChI is InChI=1S/C12H21O2/c1-10(2)9-14-12(13)8-11-6-4-3-5-7-11/h10-11H,1,3-9H2,2H3. The van der Waals surface area contributed by atoms with Crippen molar-refractivity contribution in [2.45, 2.75) is 45.4 Å². The number of carbonyl (C=O) groups excluding carboxylic acids is 1. The molecule has 1 fully saturated rings. The highest BCUT2D eigenvalue weighted by Crippen LogP contribution is 2.26. The monoisotopic (exact) mass is 197 g/mol. The van der Waals surface area contributed by atoms with Crippen LogP contribution in [0.25, 0.3) is 0 Å². The molecule has 1 unspecified atom stereocenters. The molecule has 1 rings (SSSR count). The predicted octanol–water partition coefficient (Wildman–Crippen LogP) is 2.97. The van der Waals surface area contributed by atoms with Crippen LogP contribution in [-0.2, 0) is 9.53 Å². The van der Waals surface area contributed by atoms with Crippen molar-refractivity contribution in [1.29, 1.82) is 0 Å². The van der Waals surface area contributed by atoms with Crippen molar-refractivity contribution < 1.29 is 9.53 Å². The molecule has 1 radical (unpaired) electrons. The van der Waals surface area contributed by atoms with Crippen molar-refractivity contribution in [1.82, 2.24) is 0 Å². The summed E-state index contributed by atoms with van der Waals surface area (Å²) in [6, 6.07) is 0. The fourth-order valence-electron chi connectivity index (χ4n) is 1.92. The van der Waals surface area contributed by atoms with Gasteiger partial charge >= 0.3 is 5.97 Å². The first-order valence-electron chi connectivity index (χ1n) is 5.67. The van der Waals surface area contributed by atoms with Crippen molar-refractivity contribution in [2.24, 2.45) is 11.8 Å². The molecule has 0 aromatic carbocycles. The highest BCUT2D eigenvalue weighted by Gasteiger charge is 2.17. The number of hydrogen-bond donors (Lipinski definition) is 0. The van der Waals surface area contributed by atoms with Crippen LogP contribution in [-0.4, -0.2) is 12.6 Å². The van der Waals surface area contributed by atoms with E-state index < -0.39 is 0 Å². The first-order valence-corrected chi connectivity index (χ1v) is 5.67. The molecule has 0 bridgehead atoms. The van der Waals surface area contributed by atoms with Crippen molar-refractivity contribution in [2.75, 3.05) is 6.61 Å². The zero-order chi connectivity index (χ0) is 10.4. The molecule has 0 amide bonds. The third kappa shape index (κ3) is 4.64. The summed E-state index contributed by atoms with van der Waals surface area (Å²) in [5, 5.41) is 0. The van der Waals surface area contributed by atoms with Crippen LogP contribution in [0.4, 0.5) is 0 Å². The van der Waals surface area contributed by atoms with E-state index in [-0.39, 0.29) is 11.9 Å². The van der Waals surface area contributed by atoms with Gasteiger partial charge in [0, 0.05) is 6.42 Å². The number of hydrogen-bond acceptors (Lipinski definition) is 2. The maximum absolute atomic E-state index is 11.4. The van der Waals surface area contributed by atoms with Gasteiger partial charge in [0.25, 0.3) is 0 Å². The lowest BCUT2D eigenvalue weighted by Gasteiger charge is -2.20. The number of ether oxygens (including phenoxy) is 1. The molecule has 2 nitrogen and oxygen atoms in total. The molecular formula is C12H21O2. The Morgan fingerprint density at radius 3 is 2.64 bits per heavy atom. The summed E-state index contributed by atoms with van der Waals surface area (Å²) >= 11 is 0. The topological polar surface area (TPSA) is 26.3 Å². The summed E-state index contributed by atoms with van der Waals surface area (Å²) in [7, 11) is 0. The SMILES string of the molecule is [CH2]C(C)COC(=O)CC1CCCCC1. The molecule has 0 aromatic heterocycles. The Bertz CT molecular complexity index is 169. The highest BCUT2D eigenvalue weighted by atomic mass is 16.5. The van der Waals surface area contributed by atoms with E-state index in [2.05, 4.69) is 6.92 Å². The van der Waals surface area contributed by atoms with Crippen LogP contribution in [0.5, 0.6) is 0 Å². The average molecular weight is 197 g/mol. The molecule has 14 heavy (non-hydrogen) atoms. The Labute approximate surface area is 87.0 Å². The van der Waals surface area contributed by atoms with E-state index in [9.17, 15) is 4.79 Å². The van der Waals surface area contributed by atoms with Gasteiger partial charge in [0.05, 0.1) is 6.61 Å². The van der Waals surface area contributed by atoms with E-state index in [1.165, 1.54) is 32.1 Å². The molecule has 2 heteroatoms. The summed E-state index contributed by atoms with van der Waals surface area (Å²) in [6.45, 7) is 6.20. The molecule has 1 aliphatic rings. The fraction of sp³-hybridized carbons (Fsp3) is 0.833. The lowest BCUT2D eigenvalue weighted by Crippen LogP contribution is -2.16. The number of esters is 1. The second kappa shape index (κ2) is 6.05. The van der Waals surface area contributed by atoms with Gasteiger partial charge in [-0.25, -0.2) is 0 Å². The number of carbonyl (C=O) groups is 1. The maximum atomic E-state index is 11.4. The van der Waals surface area contributed by atoms with E-state index >= 15 is 0 Å². The third-order valence-electron chi connectivity index (χ3n) is 2.71. The fourth-order valence-corrected chi connectivity index (χ4v) is 1.92. The summed E-state index contributed by atoms with van der Waals surface area (Å²) in [4.78, 5) is 11.4. The lowest BCUT2D eigenvalue weighted by molar-refractivity contribution is -0.145. The largest absolute Gasteiger partial charge is 0.465 e. The van der Waals surface area contributed by atoms with Crippen LogP contribution in [0.3, 0.4) is 0 Å². The van der Waals surface area contributed by atoms with Gasteiger partial charge in [0.2, 0.25) is 0 Å². The summed E-state index contributed by atoms with van der Waals surface area (Å²) in [5.74, 6) is 0.745. The molecule has 0 spiro atoms. The molecule has 1 saturated carbocycles. The summed E-state index contributed by atoms with van der Waals surface area (Å²) in [6.07, 6.45) is 6.92. The Morgan fingerprint density at radius 2 is 2.07 bits per heavy atom. The van der Waals surface area contributed by atoms with Crippen LogP contribution in [0.15, 0.2) is 0 Å². The van der Waals surface area contributed by atoms with Crippen molar-refractivity contribution in [3.8, 4) is 0 Å². The van der Waals surface area contributed by atoms with Gasteiger partial charge in [0.1, 0.15) is 0 Å². The van der Waals surface area contributed by atoms with Crippen LogP contribution in [0.2, 0.25) is 0 Å². The van der Waals surface area contributed by atoms with Gasteiger partial charge in [-0.05, 0) is 31.6 Å². The third-order valence-corrected chi connectivity index (χ3v) is 2.71. The van der Waals surface area contributed by atoms with Crippen molar-refractivity contribution in [3.63, 3.8) is 0 Å². The summed E-state index contributed by atoms with van der Waals surface area (Å²) < 4.78 is 5.10.